The smallest absolute Gasteiger partial charge is 0.259 e. The van der Waals surface area contributed by atoms with E-state index in [9.17, 15) is 13.2 Å². The third kappa shape index (κ3) is 5.85. The zero-order valence-electron chi connectivity index (χ0n) is 17.9. The summed E-state index contributed by atoms with van der Waals surface area (Å²) in [4.78, 5) is 13.0. The molecule has 0 atom stereocenters. The second-order valence-electron chi connectivity index (χ2n) is 7.54. The van der Waals surface area contributed by atoms with Gasteiger partial charge in [0.1, 0.15) is 0 Å². The predicted octanol–water partition coefficient (Wildman–Crippen LogP) is 4.51. The number of hydrogen-bond acceptors (Lipinski definition) is 4. The standard InChI is InChI=1S/C23H25ClN4O3S/c1-4-12-26-32(30,31)15-17-8-10-19(11-9-17)27-23(29)21-14-25-28(22(21)16(2)3)20-7-5-6-18(24)13-20/h4-11,13-14,16,26H,1,12,15H2,2-3H3,(H,27,29). The third-order valence-electron chi connectivity index (χ3n) is 4.67. The van der Waals surface area contributed by atoms with Crippen molar-refractivity contribution in [1.82, 2.24) is 14.5 Å². The highest BCUT2D eigenvalue weighted by atomic mass is 35.5. The first-order valence-corrected chi connectivity index (χ1v) is 12.1. The number of sulfonamides is 1. The van der Waals surface area contributed by atoms with Crippen molar-refractivity contribution < 1.29 is 13.2 Å². The van der Waals surface area contributed by atoms with Gasteiger partial charge in [-0.05, 0) is 41.8 Å². The Bertz CT molecular complexity index is 1220. The first kappa shape index (κ1) is 23.7. The molecule has 0 fully saturated rings. The minimum absolute atomic E-state index is 0.0351. The first-order chi connectivity index (χ1) is 15.2. The molecule has 0 aliphatic heterocycles. The van der Waals surface area contributed by atoms with E-state index in [1.165, 1.54) is 12.3 Å². The lowest BCUT2D eigenvalue weighted by molar-refractivity contribution is 0.102. The molecule has 0 bridgehead atoms. The van der Waals surface area contributed by atoms with E-state index in [2.05, 4.69) is 21.7 Å². The van der Waals surface area contributed by atoms with Crippen molar-refractivity contribution in [2.24, 2.45) is 0 Å². The lowest BCUT2D eigenvalue weighted by Gasteiger charge is -2.13. The average molecular weight is 473 g/mol. The molecular weight excluding hydrogens is 448 g/mol. The van der Waals surface area contributed by atoms with Crippen LogP contribution in [0.2, 0.25) is 5.02 Å². The maximum atomic E-state index is 13.0. The molecule has 3 rings (SSSR count). The van der Waals surface area contributed by atoms with Crippen LogP contribution < -0.4 is 10.0 Å². The van der Waals surface area contributed by atoms with Crippen LogP contribution in [0.3, 0.4) is 0 Å². The molecule has 0 radical (unpaired) electrons. The van der Waals surface area contributed by atoms with Crippen LogP contribution in [0.25, 0.3) is 5.69 Å². The SMILES string of the molecule is C=CCNS(=O)(=O)Cc1ccc(NC(=O)c2cnn(-c3cccc(Cl)c3)c2C(C)C)cc1. The fraction of sp³-hybridized carbons (Fsp3) is 0.217. The highest BCUT2D eigenvalue weighted by molar-refractivity contribution is 7.88. The van der Waals surface area contributed by atoms with Crippen LogP contribution in [-0.4, -0.2) is 30.7 Å². The minimum atomic E-state index is -3.45. The largest absolute Gasteiger partial charge is 0.322 e. The van der Waals surface area contributed by atoms with Gasteiger partial charge in [-0.1, -0.05) is 49.7 Å². The number of carbonyl (C=O) groups is 1. The molecule has 1 heterocycles. The number of hydrogen-bond donors (Lipinski definition) is 2. The number of nitrogens with zero attached hydrogens (tertiary/aromatic N) is 2. The van der Waals surface area contributed by atoms with Crippen LogP contribution in [0.5, 0.6) is 0 Å². The molecule has 2 N–H and O–H groups in total. The van der Waals surface area contributed by atoms with Crippen LogP contribution in [0.15, 0.2) is 67.4 Å². The Morgan fingerprint density at radius 2 is 1.94 bits per heavy atom. The molecule has 2 aromatic carbocycles. The van der Waals surface area contributed by atoms with E-state index in [0.717, 1.165) is 11.4 Å². The number of carbonyl (C=O) groups excluding carboxylic acids is 1. The van der Waals surface area contributed by atoms with Gasteiger partial charge in [0, 0.05) is 17.3 Å². The summed E-state index contributed by atoms with van der Waals surface area (Å²) in [6.45, 7) is 7.65. The zero-order chi connectivity index (χ0) is 23.3. The van der Waals surface area contributed by atoms with Gasteiger partial charge in [-0.2, -0.15) is 5.10 Å². The summed E-state index contributed by atoms with van der Waals surface area (Å²) in [7, 11) is -3.45. The maximum Gasteiger partial charge on any atom is 0.259 e. The molecule has 0 unspecified atom stereocenters. The van der Waals surface area contributed by atoms with Crippen molar-refractivity contribution in [3.05, 3.63) is 89.2 Å². The summed E-state index contributed by atoms with van der Waals surface area (Å²) in [6, 6.07) is 14.0. The summed E-state index contributed by atoms with van der Waals surface area (Å²) in [5.74, 6) is -0.415. The zero-order valence-corrected chi connectivity index (χ0v) is 19.4. The Morgan fingerprint density at radius 1 is 1.22 bits per heavy atom. The normalized spacial score (nSPS) is 11.5. The lowest BCUT2D eigenvalue weighted by atomic mass is 10.0. The van der Waals surface area contributed by atoms with Crippen LogP contribution in [0.4, 0.5) is 5.69 Å². The molecular formula is C23H25ClN4O3S. The van der Waals surface area contributed by atoms with Gasteiger partial charge >= 0.3 is 0 Å². The number of rotatable bonds is 9. The van der Waals surface area contributed by atoms with E-state index in [4.69, 9.17) is 11.6 Å². The number of anilines is 1. The van der Waals surface area contributed by atoms with E-state index < -0.39 is 10.0 Å². The Kier molecular flexibility index (Phi) is 7.50. The molecule has 3 aromatic rings. The van der Waals surface area contributed by atoms with Crippen LogP contribution >= 0.6 is 11.6 Å². The molecule has 1 amide bonds. The van der Waals surface area contributed by atoms with Crippen LogP contribution in [0, 0.1) is 0 Å². The van der Waals surface area contributed by atoms with E-state index in [0.29, 0.717) is 21.8 Å². The molecule has 1 aromatic heterocycles. The summed E-state index contributed by atoms with van der Waals surface area (Å²) in [5, 5.41) is 7.85. The molecule has 0 aliphatic rings. The third-order valence-corrected chi connectivity index (χ3v) is 6.22. The molecule has 0 aliphatic carbocycles. The van der Waals surface area contributed by atoms with Gasteiger partial charge in [0.15, 0.2) is 0 Å². The molecule has 168 valence electrons. The lowest BCUT2D eigenvalue weighted by Crippen LogP contribution is -2.25. The number of nitrogens with one attached hydrogen (secondary N) is 2. The second kappa shape index (κ2) is 10.1. The predicted molar refractivity (Wildman–Crippen MR) is 128 cm³/mol. The summed E-state index contributed by atoms with van der Waals surface area (Å²) in [6.07, 6.45) is 3.02. The van der Waals surface area contributed by atoms with Gasteiger partial charge in [0.05, 0.1) is 28.9 Å². The van der Waals surface area contributed by atoms with Crippen molar-refractivity contribution in [2.75, 3.05) is 11.9 Å². The van der Waals surface area contributed by atoms with Crippen LogP contribution in [0.1, 0.15) is 41.4 Å². The maximum absolute atomic E-state index is 13.0. The number of aromatic nitrogens is 2. The molecule has 32 heavy (non-hydrogen) atoms. The quantitative estimate of drug-likeness (QED) is 0.448. The summed E-state index contributed by atoms with van der Waals surface area (Å²) in [5.41, 5.74) is 3.16. The Morgan fingerprint density at radius 3 is 2.56 bits per heavy atom. The Hall–Kier alpha value is -2.94. The van der Waals surface area contributed by atoms with E-state index >= 15 is 0 Å². The van der Waals surface area contributed by atoms with Gasteiger partial charge in [-0.25, -0.2) is 17.8 Å². The topological polar surface area (TPSA) is 93.1 Å². The van der Waals surface area contributed by atoms with Gasteiger partial charge in [-0.3, -0.25) is 4.79 Å². The van der Waals surface area contributed by atoms with Gasteiger partial charge < -0.3 is 5.32 Å². The van der Waals surface area contributed by atoms with E-state index in [1.807, 2.05) is 26.0 Å². The fourth-order valence-corrected chi connectivity index (χ4v) is 4.53. The summed E-state index contributed by atoms with van der Waals surface area (Å²) >= 11 is 6.11. The molecule has 0 saturated carbocycles. The molecule has 7 nitrogen and oxygen atoms in total. The highest BCUT2D eigenvalue weighted by Crippen LogP contribution is 2.25. The number of amides is 1. The number of halogens is 1. The average Bonchev–Trinajstić information content (AvgIpc) is 3.19. The number of benzene rings is 2. The summed E-state index contributed by atoms with van der Waals surface area (Å²) < 4.78 is 28.2. The minimum Gasteiger partial charge on any atom is -0.322 e. The fourth-order valence-electron chi connectivity index (χ4n) is 3.24. The Balaban J connectivity index is 1.78. The first-order valence-electron chi connectivity index (χ1n) is 10.0. The molecule has 0 spiro atoms. The highest BCUT2D eigenvalue weighted by Gasteiger charge is 2.21. The molecule has 0 saturated heterocycles. The molecule has 9 heteroatoms. The van der Waals surface area contributed by atoms with E-state index in [1.54, 1.807) is 41.1 Å². The van der Waals surface area contributed by atoms with Crippen molar-refractivity contribution in [3.63, 3.8) is 0 Å². The van der Waals surface area contributed by atoms with Crippen molar-refractivity contribution in [1.29, 1.82) is 0 Å². The van der Waals surface area contributed by atoms with Gasteiger partial charge in [-0.15, -0.1) is 6.58 Å². The Labute approximate surface area is 193 Å². The van der Waals surface area contributed by atoms with Crippen LogP contribution in [-0.2, 0) is 15.8 Å². The van der Waals surface area contributed by atoms with Crippen molar-refractivity contribution in [2.45, 2.75) is 25.5 Å². The van der Waals surface area contributed by atoms with Crippen molar-refractivity contribution in [3.8, 4) is 5.69 Å². The monoisotopic (exact) mass is 472 g/mol. The van der Waals surface area contributed by atoms with Gasteiger partial charge in [0.2, 0.25) is 10.0 Å². The van der Waals surface area contributed by atoms with E-state index in [-0.39, 0.29) is 24.1 Å². The van der Waals surface area contributed by atoms with Crippen molar-refractivity contribution >= 4 is 33.2 Å². The second-order valence-corrected chi connectivity index (χ2v) is 9.78. The van der Waals surface area contributed by atoms with Gasteiger partial charge in [0.25, 0.3) is 5.91 Å².